The van der Waals surface area contributed by atoms with Crippen LogP contribution in [0.3, 0.4) is 0 Å². The van der Waals surface area contributed by atoms with Crippen LogP contribution in [-0.4, -0.2) is 34.8 Å². The van der Waals surface area contributed by atoms with Crippen molar-refractivity contribution < 1.29 is 23.3 Å². The van der Waals surface area contributed by atoms with Gasteiger partial charge in [0.25, 0.3) is 5.91 Å². The summed E-state index contributed by atoms with van der Waals surface area (Å²) in [7, 11) is 1.66. The molecule has 0 unspecified atom stereocenters. The van der Waals surface area contributed by atoms with Gasteiger partial charge < -0.3 is 29.2 Å². The first-order chi connectivity index (χ1) is 20.5. The van der Waals surface area contributed by atoms with E-state index in [0.717, 1.165) is 16.7 Å². The summed E-state index contributed by atoms with van der Waals surface area (Å²) in [6.07, 6.45) is 0. The summed E-state index contributed by atoms with van der Waals surface area (Å²) < 4.78 is 23.9. The van der Waals surface area contributed by atoms with Crippen LogP contribution in [0.5, 0.6) is 11.5 Å². The van der Waals surface area contributed by atoms with Crippen molar-refractivity contribution in [1.29, 1.82) is 0 Å². The molecule has 2 N–H and O–H groups in total. The quantitative estimate of drug-likeness (QED) is 0.175. The zero-order chi connectivity index (χ0) is 29.5. The van der Waals surface area contributed by atoms with E-state index in [9.17, 15) is 4.79 Å². The van der Waals surface area contributed by atoms with Crippen molar-refractivity contribution in [3.63, 3.8) is 0 Å². The largest absolute Gasteiger partial charge is 0.488 e. The van der Waals surface area contributed by atoms with Crippen molar-refractivity contribution in [2.75, 3.05) is 18.9 Å². The SMILES string of the molecule is CCNC(=O)c1noc(-c2cc(C(C)C)c(OCc3ccccc3)cc2OCc2ccccc2)c1-c1noc(NC)n1. The van der Waals surface area contributed by atoms with E-state index >= 15 is 0 Å². The predicted octanol–water partition coefficient (Wildman–Crippen LogP) is 6.46. The maximum absolute atomic E-state index is 13.0. The Hall–Kier alpha value is -5.12. The van der Waals surface area contributed by atoms with Crippen LogP contribution < -0.4 is 20.1 Å². The lowest BCUT2D eigenvalue weighted by molar-refractivity contribution is 0.0947. The zero-order valence-electron chi connectivity index (χ0n) is 24.0. The smallest absolute Gasteiger partial charge is 0.321 e. The second-order valence-electron chi connectivity index (χ2n) is 9.86. The fraction of sp³-hybridized carbons (Fsp3) is 0.250. The van der Waals surface area contributed by atoms with Crippen molar-refractivity contribution >= 4 is 11.9 Å². The van der Waals surface area contributed by atoms with Gasteiger partial charge in [-0.3, -0.25) is 4.79 Å². The molecule has 0 atom stereocenters. The monoisotopic (exact) mass is 567 g/mol. The minimum atomic E-state index is -0.419. The lowest BCUT2D eigenvalue weighted by Crippen LogP contribution is -2.23. The molecule has 42 heavy (non-hydrogen) atoms. The lowest BCUT2D eigenvalue weighted by atomic mass is 9.96. The number of rotatable bonds is 12. The number of amides is 1. The van der Waals surface area contributed by atoms with E-state index in [2.05, 4.69) is 39.8 Å². The van der Waals surface area contributed by atoms with E-state index in [-0.39, 0.29) is 29.2 Å². The fourth-order valence-electron chi connectivity index (χ4n) is 4.43. The molecule has 2 aromatic heterocycles. The van der Waals surface area contributed by atoms with Crippen molar-refractivity contribution in [1.82, 2.24) is 20.6 Å². The van der Waals surface area contributed by atoms with E-state index in [1.807, 2.05) is 79.7 Å². The topological polar surface area (TPSA) is 125 Å². The minimum Gasteiger partial charge on any atom is -0.488 e. The van der Waals surface area contributed by atoms with Crippen LogP contribution in [0.15, 0.2) is 81.8 Å². The van der Waals surface area contributed by atoms with Crippen molar-refractivity contribution in [3.8, 4) is 34.2 Å². The maximum Gasteiger partial charge on any atom is 0.321 e. The van der Waals surface area contributed by atoms with Crippen molar-refractivity contribution in [3.05, 3.63) is 95.2 Å². The Morgan fingerprint density at radius 2 is 1.52 bits per heavy atom. The molecular formula is C32H33N5O5. The number of carbonyl (C=O) groups is 1. The molecule has 10 heteroatoms. The van der Waals surface area contributed by atoms with Gasteiger partial charge in [0.05, 0.1) is 5.56 Å². The molecule has 0 bridgehead atoms. The zero-order valence-corrected chi connectivity index (χ0v) is 24.0. The number of hydrogen-bond acceptors (Lipinski definition) is 9. The lowest BCUT2D eigenvalue weighted by Gasteiger charge is -2.19. The molecule has 0 spiro atoms. The van der Waals surface area contributed by atoms with Gasteiger partial charge in [0, 0.05) is 19.7 Å². The van der Waals surface area contributed by atoms with Crippen LogP contribution in [0.4, 0.5) is 6.01 Å². The first-order valence-electron chi connectivity index (χ1n) is 13.8. The standard InChI is InChI=1S/C32H33N5O5/c1-5-34-31(38)28-27(30-35-32(33-4)42-37-30)29(41-36-28)24-16-23(20(2)3)25(39-18-21-12-8-6-9-13-21)17-26(24)40-19-22-14-10-7-11-15-22/h6-17,20H,5,18-19H2,1-4H3,(H,34,38)(H,33,35,37). The van der Waals surface area contributed by atoms with Crippen LogP contribution in [-0.2, 0) is 13.2 Å². The van der Waals surface area contributed by atoms with Crippen LogP contribution in [0, 0.1) is 0 Å². The van der Waals surface area contributed by atoms with Crippen LogP contribution in [0.1, 0.15) is 53.9 Å². The predicted molar refractivity (Wildman–Crippen MR) is 158 cm³/mol. The highest BCUT2D eigenvalue weighted by molar-refractivity contribution is 6.01. The molecule has 3 aromatic carbocycles. The van der Waals surface area contributed by atoms with Crippen LogP contribution in [0.2, 0.25) is 0 Å². The first-order valence-corrected chi connectivity index (χ1v) is 13.8. The Bertz CT molecular complexity index is 1630. The summed E-state index contributed by atoms with van der Waals surface area (Å²) in [4.78, 5) is 17.4. The molecule has 0 radical (unpaired) electrons. The fourth-order valence-corrected chi connectivity index (χ4v) is 4.43. The van der Waals surface area contributed by atoms with Crippen molar-refractivity contribution in [2.24, 2.45) is 0 Å². The maximum atomic E-state index is 13.0. The third-order valence-corrected chi connectivity index (χ3v) is 6.56. The average Bonchev–Trinajstić information content (AvgIpc) is 3.67. The molecule has 1 amide bonds. The number of nitrogens with one attached hydrogen (secondary N) is 2. The van der Waals surface area contributed by atoms with Crippen LogP contribution >= 0.6 is 0 Å². The van der Waals surface area contributed by atoms with E-state index < -0.39 is 5.91 Å². The van der Waals surface area contributed by atoms with Gasteiger partial charge >= 0.3 is 6.01 Å². The number of ether oxygens (including phenoxy) is 2. The number of hydrogen-bond donors (Lipinski definition) is 2. The summed E-state index contributed by atoms with van der Waals surface area (Å²) in [6, 6.07) is 23.8. The van der Waals surface area contributed by atoms with E-state index in [1.165, 1.54) is 0 Å². The van der Waals surface area contributed by atoms with Gasteiger partial charge in [-0.15, -0.1) is 0 Å². The Kier molecular flexibility index (Phi) is 8.81. The van der Waals surface area contributed by atoms with Gasteiger partial charge in [0.1, 0.15) is 30.3 Å². The summed E-state index contributed by atoms with van der Waals surface area (Å²) in [6.45, 7) is 7.08. The summed E-state index contributed by atoms with van der Waals surface area (Å²) >= 11 is 0. The molecule has 0 aliphatic heterocycles. The molecule has 0 aliphatic carbocycles. The molecule has 0 aliphatic rings. The number of aromatic nitrogens is 3. The van der Waals surface area contributed by atoms with E-state index in [0.29, 0.717) is 42.4 Å². The summed E-state index contributed by atoms with van der Waals surface area (Å²) in [5.74, 6) is 1.27. The molecule has 10 nitrogen and oxygen atoms in total. The normalized spacial score (nSPS) is 11.0. The molecular weight excluding hydrogens is 534 g/mol. The van der Waals surface area contributed by atoms with Gasteiger partial charge in [-0.05, 0) is 35.6 Å². The van der Waals surface area contributed by atoms with Gasteiger partial charge in [0.15, 0.2) is 11.5 Å². The summed E-state index contributed by atoms with van der Waals surface area (Å²) in [5.41, 5.74) is 3.88. The summed E-state index contributed by atoms with van der Waals surface area (Å²) in [5, 5.41) is 13.8. The molecule has 5 aromatic rings. The molecule has 5 rings (SSSR count). The van der Waals surface area contributed by atoms with Crippen LogP contribution in [0.25, 0.3) is 22.7 Å². The molecule has 0 saturated carbocycles. The minimum absolute atomic E-state index is 0.0415. The Balaban J connectivity index is 1.65. The Morgan fingerprint density at radius 1 is 0.881 bits per heavy atom. The van der Waals surface area contributed by atoms with E-state index in [1.54, 1.807) is 7.05 Å². The highest BCUT2D eigenvalue weighted by Gasteiger charge is 2.30. The average molecular weight is 568 g/mol. The number of benzene rings is 3. The number of carbonyl (C=O) groups excluding carboxylic acids is 1. The number of anilines is 1. The second kappa shape index (κ2) is 13.0. The number of nitrogens with zero attached hydrogens (tertiary/aromatic N) is 3. The highest BCUT2D eigenvalue weighted by Crippen LogP contribution is 2.44. The molecule has 2 heterocycles. The molecule has 0 fully saturated rings. The first kappa shape index (κ1) is 28.4. The third kappa shape index (κ3) is 6.27. The third-order valence-electron chi connectivity index (χ3n) is 6.56. The highest BCUT2D eigenvalue weighted by atomic mass is 16.5. The van der Waals surface area contributed by atoms with Crippen molar-refractivity contribution in [2.45, 2.75) is 39.9 Å². The Morgan fingerprint density at radius 3 is 2.10 bits per heavy atom. The van der Waals surface area contributed by atoms with E-state index in [4.69, 9.17) is 18.5 Å². The van der Waals surface area contributed by atoms with Gasteiger partial charge in [0.2, 0.25) is 5.82 Å². The Labute approximate surface area is 244 Å². The van der Waals surface area contributed by atoms with Gasteiger partial charge in [-0.25, -0.2) is 0 Å². The van der Waals surface area contributed by atoms with Gasteiger partial charge in [-0.1, -0.05) is 84.8 Å². The molecule has 216 valence electrons. The second-order valence-corrected chi connectivity index (χ2v) is 9.86. The van der Waals surface area contributed by atoms with Gasteiger partial charge in [-0.2, -0.15) is 4.98 Å². The molecule has 0 saturated heterocycles.